The van der Waals surface area contributed by atoms with Crippen LogP contribution in [0.1, 0.15) is 5.56 Å². The van der Waals surface area contributed by atoms with E-state index >= 15 is 0 Å². The first-order chi connectivity index (χ1) is 7.74. The van der Waals surface area contributed by atoms with Gasteiger partial charge in [-0.05, 0) is 12.5 Å². The molecule has 0 aliphatic heterocycles. The van der Waals surface area contributed by atoms with Gasteiger partial charge in [-0.3, -0.25) is 4.68 Å². The molecule has 0 atom stereocenters. The van der Waals surface area contributed by atoms with Gasteiger partial charge in [0.15, 0.2) is 5.16 Å². The van der Waals surface area contributed by atoms with Crippen molar-refractivity contribution in [2.24, 2.45) is 0 Å². The van der Waals surface area contributed by atoms with Crippen molar-refractivity contribution in [2.45, 2.75) is 18.6 Å². The summed E-state index contributed by atoms with van der Waals surface area (Å²) in [6.07, 6.45) is 7.10. The Balaban J connectivity index is 1.82. The minimum Gasteiger partial charge on any atom is -0.396 e. The Morgan fingerprint density at radius 1 is 1.31 bits per heavy atom. The van der Waals surface area contributed by atoms with E-state index < -0.39 is 0 Å². The molecule has 0 aromatic carbocycles. The Hall–Kier alpha value is -1.56. The molecular weight excluding hydrogens is 222 g/mol. The molecule has 0 saturated carbocycles. The number of thioether (sulfide) groups is 1. The maximum absolute atomic E-state index is 5.56. The molecule has 0 bridgehead atoms. The minimum atomic E-state index is 0.691. The molecule has 0 aliphatic carbocycles. The number of hydrogen-bond donors (Lipinski definition) is 1. The molecular formula is C10H13N5S. The van der Waals surface area contributed by atoms with Crippen LogP contribution in [0.15, 0.2) is 29.9 Å². The predicted molar refractivity (Wildman–Crippen MR) is 64.1 cm³/mol. The average Bonchev–Trinajstić information content (AvgIpc) is 2.67. The van der Waals surface area contributed by atoms with E-state index in [1.807, 2.05) is 30.2 Å². The van der Waals surface area contributed by atoms with Crippen molar-refractivity contribution >= 4 is 17.4 Å². The van der Waals surface area contributed by atoms with Gasteiger partial charge in [-0.2, -0.15) is 5.10 Å². The van der Waals surface area contributed by atoms with E-state index in [1.165, 1.54) is 0 Å². The van der Waals surface area contributed by atoms with Gasteiger partial charge in [-0.25, -0.2) is 9.97 Å². The summed E-state index contributed by atoms with van der Waals surface area (Å²) in [6.45, 7) is 2.78. The first-order valence-corrected chi connectivity index (χ1v) is 5.92. The first-order valence-electron chi connectivity index (χ1n) is 4.93. The van der Waals surface area contributed by atoms with Crippen LogP contribution in [0.3, 0.4) is 0 Å². The average molecular weight is 235 g/mol. The minimum absolute atomic E-state index is 0.691. The predicted octanol–water partition coefficient (Wildman–Crippen LogP) is 1.36. The first kappa shape index (κ1) is 10.9. The molecule has 0 aliphatic rings. The van der Waals surface area contributed by atoms with Gasteiger partial charge in [0.1, 0.15) is 0 Å². The van der Waals surface area contributed by atoms with Crippen LogP contribution in [-0.4, -0.2) is 25.5 Å². The van der Waals surface area contributed by atoms with Crippen molar-refractivity contribution in [2.75, 3.05) is 11.5 Å². The molecule has 5 nitrogen and oxygen atoms in total. The molecule has 0 amide bonds. The van der Waals surface area contributed by atoms with Crippen LogP contribution in [0.2, 0.25) is 0 Å². The van der Waals surface area contributed by atoms with Crippen LogP contribution in [0.4, 0.5) is 5.69 Å². The zero-order chi connectivity index (χ0) is 11.4. The van der Waals surface area contributed by atoms with Gasteiger partial charge in [0.2, 0.25) is 0 Å². The van der Waals surface area contributed by atoms with Crippen LogP contribution < -0.4 is 5.73 Å². The molecule has 0 unspecified atom stereocenters. The van der Waals surface area contributed by atoms with E-state index in [4.69, 9.17) is 5.73 Å². The quantitative estimate of drug-likeness (QED) is 0.640. The van der Waals surface area contributed by atoms with Gasteiger partial charge in [0.25, 0.3) is 0 Å². The van der Waals surface area contributed by atoms with Crippen LogP contribution in [0.25, 0.3) is 0 Å². The summed E-state index contributed by atoms with van der Waals surface area (Å²) >= 11 is 1.61. The van der Waals surface area contributed by atoms with Crippen molar-refractivity contribution in [1.29, 1.82) is 0 Å². The van der Waals surface area contributed by atoms with Gasteiger partial charge < -0.3 is 5.73 Å². The van der Waals surface area contributed by atoms with E-state index in [-0.39, 0.29) is 0 Å². The van der Waals surface area contributed by atoms with Crippen molar-refractivity contribution in [3.05, 3.63) is 30.4 Å². The van der Waals surface area contributed by atoms with E-state index in [2.05, 4.69) is 15.1 Å². The van der Waals surface area contributed by atoms with Crippen LogP contribution >= 0.6 is 11.8 Å². The highest BCUT2D eigenvalue weighted by molar-refractivity contribution is 7.99. The lowest BCUT2D eigenvalue weighted by Gasteiger charge is -2.00. The van der Waals surface area contributed by atoms with Crippen molar-refractivity contribution in [1.82, 2.24) is 19.7 Å². The smallest absolute Gasteiger partial charge is 0.187 e. The number of nitrogen functional groups attached to an aromatic ring is 1. The fourth-order valence-electron chi connectivity index (χ4n) is 1.19. The number of hydrogen-bond acceptors (Lipinski definition) is 5. The maximum Gasteiger partial charge on any atom is 0.187 e. The van der Waals surface area contributed by atoms with Gasteiger partial charge in [-0.15, -0.1) is 0 Å². The molecule has 0 radical (unpaired) electrons. The van der Waals surface area contributed by atoms with Crippen LogP contribution in [0, 0.1) is 6.92 Å². The highest BCUT2D eigenvalue weighted by Gasteiger charge is 1.98. The fraction of sp³-hybridized carbons (Fsp3) is 0.300. The molecule has 0 fully saturated rings. The molecule has 2 aromatic heterocycles. The molecule has 0 saturated heterocycles. The lowest BCUT2D eigenvalue weighted by Crippen LogP contribution is -2.01. The third kappa shape index (κ3) is 2.96. The summed E-state index contributed by atoms with van der Waals surface area (Å²) in [6, 6.07) is 0. The van der Waals surface area contributed by atoms with Crippen LogP contribution in [-0.2, 0) is 6.54 Å². The van der Waals surface area contributed by atoms with Gasteiger partial charge >= 0.3 is 0 Å². The summed E-state index contributed by atoms with van der Waals surface area (Å²) in [5, 5.41) is 4.90. The van der Waals surface area contributed by atoms with Crippen LogP contribution in [0.5, 0.6) is 0 Å². The second kappa shape index (κ2) is 4.98. The third-order valence-corrected chi connectivity index (χ3v) is 2.82. The Morgan fingerprint density at radius 3 is 2.69 bits per heavy atom. The molecule has 0 spiro atoms. The summed E-state index contributed by atoms with van der Waals surface area (Å²) in [7, 11) is 0. The third-order valence-electron chi connectivity index (χ3n) is 1.96. The van der Waals surface area contributed by atoms with Crippen molar-refractivity contribution < 1.29 is 0 Å². The Labute approximate surface area is 98.1 Å². The highest BCUT2D eigenvalue weighted by atomic mass is 32.2. The number of anilines is 1. The maximum atomic E-state index is 5.56. The normalized spacial score (nSPS) is 10.6. The van der Waals surface area contributed by atoms with Gasteiger partial charge in [0.05, 0.1) is 18.4 Å². The van der Waals surface area contributed by atoms with Gasteiger partial charge in [-0.1, -0.05) is 11.8 Å². The molecule has 16 heavy (non-hydrogen) atoms. The fourth-order valence-corrected chi connectivity index (χ4v) is 1.90. The monoisotopic (exact) mass is 235 g/mol. The second-order valence-electron chi connectivity index (χ2n) is 3.43. The molecule has 6 heteroatoms. The molecule has 2 N–H and O–H groups in total. The Bertz CT molecular complexity index is 450. The summed E-state index contributed by atoms with van der Waals surface area (Å²) in [4.78, 5) is 8.42. The lowest BCUT2D eigenvalue weighted by atomic mass is 10.4. The summed E-state index contributed by atoms with van der Waals surface area (Å²) in [5.41, 5.74) is 7.33. The number of rotatable bonds is 4. The Kier molecular flexibility index (Phi) is 3.40. The second-order valence-corrected chi connectivity index (χ2v) is 4.49. The van der Waals surface area contributed by atoms with E-state index in [9.17, 15) is 0 Å². The standard InChI is InChI=1S/C10H13N5S/c1-8-4-12-10(13-5-8)16-3-2-15-7-9(11)6-14-15/h4-7H,2-3,11H2,1H3. The SMILES string of the molecule is Cc1cnc(SCCn2cc(N)cn2)nc1. The number of nitrogens with two attached hydrogens (primary N) is 1. The van der Waals surface area contributed by atoms with Crippen molar-refractivity contribution in [3.8, 4) is 0 Å². The molecule has 2 heterocycles. The summed E-state index contributed by atoms with van der Waals surface area (Å²) < 4.78 is 1.82. The number of nitrogens with zero attached hydrogens (tertiary/aromatic N) is 4. The number of aromatic nitrogens is 4. The molecule has 2 aromatic rings. The largest absolute Gasteiger partial charge is 0.396 e. The number of aryl methyl sites for hydroxylation is 2. The zero-order valence-electron chi connectivity index (χ0n) is 9.00. The Morgan fingerprint density at radius 2 is 2.06 bits per heavy atom. The topological polar surface area (TPSA) is 69.6 Å². The van der Waals surface area contributed by atoms with E-state index in [1.54, 1.807) is 18.0 Å². The molecule has 2 rings (SSSR count). The zero-order valence-corrected chi connectivity index (χ0v) is 9.81. The molecule has 84 valence electrons. The highest BCUT2D eigenvalue weighted by Crippen LogP contribution is 2.12. The van der Waals surface area contributed by atoms with E-state index in [0.717, 1.165) is 23.0 Å². The lowest BCUT2D eigenvalue weighted by molar-refractivity contribution is 0.666. The van der Waals surface area contributed by atoms with Crippen molar-refractivity contribution in [3.63, 3.8) is 0 Å². The van der Waals surface area contributed by atoms with Gasteiger partial charge in [0, 0.05) is 24.3 Å². The van der Waals surface area contributed by atoms with E-state index in [0.29, 0.717) is 5.69 Å². The summed E-state index contributed by atoms with van der Waals surface area (Å²) in [5.74, 6) is 0.879.